The van der Waals surface area contributed by atoms with Crippen LogP contribution in [0, 0.1) is 6.92 Å². The molecule has 2 atom stereocenters. The highest BCUT2D eigenvalue weighted by Gasteiger charge is 2.19. The molecule has 0 bridgehead atoms. The highest BCUT2D eigenvalue weighted by atomic mass is 32.2. The van der Waals surface area contributed by atoms with Gasteiger partial charge >= 0.3 is 0 Å². The zero-order valence-corrected chi connectivity index (χ0v) is 11.7. The van der Waals surface area contributed by atoms with E-state index < -0.39 is 0 Å². The number of thioether (sulfide) groups is 1. The van der Waals surface area contributed by atoms with E-state index in [1.165, 1.54) is 0 Å². The molecule has 0 aliphatic heterocycles. The molecule has 98 valence electrons. The number of nitrogens with one attached hydrogen (secondary N) is 1. The van der Waals surface area contributed by atoms with Gasteiger partial charge in [0.1, 0.15) is 5.82 Å². The Hall–Kier alpha value is -0.880. The van der Waals surface area contributed by atoms with Gasteiger partial charge in [-0.25, -0.2) is 4.68 Å². The molecule has 0 aliphatic carbocycles. The van der Waals surface area contributed by atoms with E-state index in [0.29, 0.717) is 5.69 Å². The number of aryl methyl sites for hydroxylation is 2. The van der Waals surface area contributed by atoms with Crippen LogP contribution in [0.15, 0.2) is 0 Å². The molecule has 1 aromatic rings. The minimum Gasteiger partial charge on any atom is -0.395 e. The van der Waals surface area contributed by atoms with Crippen molar-refractivity contribution in [3.63, 3.8) is 0 Å². The first kappa shape index (κ1) is 14.2. The van der Waals surface area contributed by atoms with Gasteiger partial charge in [-0.1, -0.05) is 0 Å². The van der Waals surface area contributed by atoms with Crippen molar-refractivity contribution in [2.45, 2.75) is 38.6 Å². The summed E-state index contributed by atoms with van der Waals surface area (Å²) in [5, 5.41) is 17.1. The summed E-state index contributed by atoms with van der Waals surface area (Å²) in [6.07, 6.45) is 1.99. The molecular weight excluding hydrogens is 236 g/mol. The molecule has 0 amide bonds. The molecule has 4 N–H and O–H groups in total. The van der Waals surface area contributed by atoms with Gasteiger partial charge in [0.05, 0.1) is 18.0 Å². The van der Waals surface area contributed by atoms with Gasteiger partial charge in [-0.3, -0.25) is 0 Å². The minimum absolute atomic E-state index is 0.138. The van der Waals surface area contributed by atoms with E-state index in [2.05, 4.69) is 10.4 Å². The fraction of sp³-hybridized carbons (Fsp3) is 0.727. The molecule has 1 aromatic heterocycles. The second kappa shape index (κ2) is 6.16. The number of aliphatic hydroxyl groups excluding tert-OH is 1. The maximum atomic E-state index is 9.26. The second-order valence-corrected chi connectivity index (χ2v) is 5.13. The van der Waals surface area contributed by atoms with Gasteiger partial charge in [0.25, 0.3) is 0 Å². The summed E-state index contributed by atoms with van der Waals surface area (Å²) in [5.41, 5.74) is 7.53. The summed E-state index contributed by atoms with van der Waals surface area (Å²) in [7, 11) is 0. The highest BCUT2D eigenvalue weighted by Crippen LogP contribution is 2.24. The van der Waals surface area contributed by atoms with Gasteiger partial charge in [0.15, 0.2) is 0 Å². The van der Waals surface area contributed by atoms with Crippen molar-refractivity contribution >= 4 is 23.3 Å². The van der Waals surface area contributed by atoms with Crippen molar-refractivity contribution in [2.75, 3.05) is 23.9 Å². The molecule has 0 saturated heterocycles. The molecule has 1 heterocycles. The number of nitrogens with zero attached hydrogens (tertiary/aromatic N) is 2. The predicted molar refractivity (Wildman–Crippen MR) is 74.5 cm³/mol. The smallest absolute Gasteiger partial charge is 0.148 e. The van der Waals surface area contributed by atoms with Crippen LogP contribution in [0.5, 0.6) is 0 Å². The Morgan fingerprint density at radius 1 is 1.59 bits per heavy atom. The monoisotopic (exact) mass is 258 g/mol. The van der Waals surface area contributed by atoms with Gasteiger partial charge in [0, 0.05) is 17.8 Å². The number of hydrogen-bond acceptors (Lipinski definition) is 5. The van der Waals surface area contributed by atoms with Gasteiger partial charge < -0.3 is 16.2 Å². The first-order valence-electron chi connectivity index (χ1n) is 5.78. The molecule has 0 radical (unpaired) electrons. The highest BCUT2D eigenvalue weighted by molar-refractivity contribution is 7.99. The maximum absolute atomic E-state index is 9.26. The minimum atomic E-state index is 0.138. The van der Waals surface area contributed by atoms with Crippen LogP contribution < -0.4 is 11.1 Å². The van der Waals surface area contributed by atoms with Gasteiger partial charge in [-0.05, 0) is 27.0 Å². The Kier molecular flexibility index (Phi) is 5.14. The third kappa shape index (κ3) is 3.07. The molecular formula is C11H22N4OS. The molecule has 1 rings (SSSR count). The molecule has 6 heteroatoms. The fourth-order valence-electron chi connectivity index (χ4n) is 1.72. The molecule has 0 aliphatic rings. The van der Waals surface area contributed by atoms with Crippen molar-refractivity contribution in [3.8, 4) is 0 Å². The van der Waals surface area contributed by atoms with Crippen LogP contribution in [0.1, 0.15) is 19.5 Å². The molecule has 0 fully saturated rings. The lowest BCUT2D eigenvalue weighted by Gasteiger charge is -2.23. The van der Waals surface area contributed by atoms with E-state index in [4.69, 9.17) is 5.73 Å². The summed E-state index contributed by atoms with van der Waals surface area (Å²) >= 11 is 1.64. The van der Waals surface area contributed by atoms with Gasteiger partial charge in [-0.15, -0.1) is 0 Å². The van der Waals surface area contributed by atoms with Crippen molar-refractivity contribution in [1.82, 2.24) is 9.78 Å². The predicted octanol–water partition coefficient (Wildman–Crippen LogP) is 1.32. The Morgan fingerprint density at radius 3 is 2.71 bits per heavy atom. The fourth-order valence-corrected chi connectivity index (χ4v) is 2.35. The summed E-state index contributed by atoms with van der Waals surface area (Å²) < 4.78 is 1.86. The van der Waals surface area contributed by atoms with E-state index in [1.54, 1.807) is 11.8 Å². The number of aliphatic hydroxyl groups is 1. The summed E-state index contributed by atoms with van der Waals surface area (Å²) in [4.78, 5) is 0. The zero-order valence-electron chi connectivity index (χ0n) is 10.9. The standard InChI is InChI=1S/C11H22N4OS/c1-5-15-11(10(12)8(3)14-15)13-7(2)9(6-16)17-4/h7,9,13,16H,5-6,12H2,1-4H3. The van der Waals surface area contributed by atoms with E-state index in [9.17, 15) is 5.11 Å². The summed E-state index contributed by atoms with van der Waals surface area (Å²) in [6, 6.07) is 0.138. The first-order valence-corrected chi connectivity index (χ1v) is 7.06. The third-order valence-electron chi connectivity index (χ3n) is 2.88. The average Bonchev–Trinajstić information content (AvgIpc) is 2.58. The number of nitrogen functional groups attached to an aromatic ring is 1. The molecule has 0 aromatic carbocycles. The van der Waals surface area contributed by atoms with E-state index in [0.717, 1.165) is 18.1 Å². The van der Waals surface area contributed by atoms with Crippen LogP contribution in [0.2, 0.25) is 0 Å². The Morgan fingerprint density at radius 2 is 2.24 bits per heavy atom. The maximum Gasteiger partial charge on any atom is 0.148 e. The lowest BCUT2D eigenvalue weighted by atomic mass is 10.2. The number of aromatic nitrogens is 2. The summed E-state index contributed by atoms with van der Waals surface area (Å²) in [6.45, 7) is 6.89. The summed E-state index contributed by atoms with van der Waals surface area (Å²) in [5.74, 6) is 0.852. The molecule has 17 heavy (non-hydrogen) atoms. The molecule has 0 spiro atoms. The number of nitrogens with two attached hydrogens (primary N) is 1. The number of hydrogen-bond donors (Lipinski definition) is 3. The van der Waals surface area contributed by atoms with Crippen LogP contribution in [0.3, 0.4) is 0 Å². The van der Waals surface area contributed by atoms with Gasteiger partial charge in [0.2, 0.25) is 0 Å². The lowest BCUT2D eigenvalue weighted by molar-refractivity contribution is 0.288. The number of anilines is 2. The van der Waals surface area contributed by atoms with Crippen LogP contribution >= 0.6 is 11.8 Å². The molecule has 2 unspecified atom stereocenters. The van der Waals surface area contributed by atoms with Crippen LogP contribution in [-0.4, -0.2) is 39.0 Å². The quantitative estimate of drug-likeness (QED) is 0.717. The van der Waals surface area contributed by atoms with Crippen molar-refractivity contribution in [2.24, 2.45) is 0 Å². The average molecular weight is 258 g/mol. The van der Waals surface area contributed by atoms with Crippen LogP contribution in [0.25, 0.3) is 0 Å². The SMILES string of the molecule is CCn1nc(C)c(N)c1NC(C)C(CO)SC. The third-order valence-corrected chi connectivity index (χ3v) is 4.04. The number of rotatable bonds is 6. The van der Waals surface area contributed by atoms with Crippen LogP contribution in [0.4, 0.5) is 11.5 Å². The molecule has 5 nitrogen and oxygen atoms in total. The normalized spacial score (nSPS) is 14.6. The largest absolute Gasteiger partial charge is 0.395 e. The first-order chi connectivity index (χ1) is 8.04. The van der Waals surface area contributed by atoms with Crippen molar-refractivity contribution in [3.05, 3.63) is 5.69 Å². The Balaban J connectivity index is 2.86. The lowest BCUT2D eigenvalue weighted by Crippen LogP contribution is -2.32. The van der Waals surface area contributed by atoms with E-state index >= 15 is 0 Å². The van der Waals surface area contributed by atoms with Gasteiger partial charge in [-0.2, -0.15) is 16.9 Å². The van der Waals surface area contributed by atoms with Crippen molar-refractivity contribution < 1.29 is 5.11 Å². The topological polar surface area (TPSA) is 76.1 Å². The zero-order chi connectivity index (χ0) is 13.0. The second-order valence-electron chi connectivity index (χ2n) is 4.05. The Bertz CT molecular complexity index is 363. The van der Waals surface area contributed by atoms with E-state index in [1.807, 2.05) is 31.7 Å². The van der Waals surface area contributed by atoms with Crippen molar-refractivity contribution in [1.29, 1.82) is 0 Å². The Labute approximate surface area is 107 Å². The van der Waals surface area contributed by atoms with Crippen LogP contribution in [-0.2, 0) is 6.54 Å². The van der Waals surface area contributed by atoms with E-state index in [-0.39, 0.29) is 17.9 Å². The molecule has 0 saturated carbocycles.